The van der Waals surface area contributed by atoms with Crippen LogP contribution in [0.3, 0.4) is 0 Å². The molecular formula is C16H22N2O2S. The van der Waals surface area contributed by atoms with E-state index in [1.165, 1.54) is 4.90 Å². The van der Waals surface area contributed by atoms with Gasteiger partial charge in [-0.2, -0.15) is 0 Å². The van der Waals surface area contributed by atoms with Gasteiger partial charge < -0.3 is 10.2 Å². The lowest BCUT2D eigenvalue weighted by Crippen LogP contribution is -2.63. The lowest BCUT2D eigenvalue weighted by molar-refractivity contribution is -0.149. The maximum absolute atomic E-state index is 12.4. The molecule has 114 valence electrons. The largest absolute Gasteiger partial charge is 0.343 e. The van der Waals surface area contributed by atoms with Crippen LogP contribution in [0.4, 0.5) is 0 Å². The van der Waals surface area contributed by atoms with Gasteiger partial charge in [-0.3, -0.25) is 9.59 Å². The SMILES string of the molecule is CCC1NC(=O)C(CC)N(CCSc2ccccc2)C1=O. The molecule has 1 aromatic rings. The number of amides is 2. The molecule has 1 heterocycles. The van der Waals surface area contributed by atoms with Gasteiger partial charge in [-0.25, -0.2) is 0 Å². The normalized spacial score (nSPS) is 22.3. The Hall–Kier alpha value is -1.49. The smallest absolute Gasteiger partial charge is 0.245 e. The fourth-order valence-corrected chi connectivity index (χ4v) is 3.43. The molecule has 1 fully saturated rings. The van der Waals surface area contributed by atoms with Crippen LogP contribution in [0.25, 0.3) is 0 Å². The zero-order valence-corrected chi connectivity index (χ0v) is 13.4. The van der Waals surface area contributed by atoms with E-state index in [1.807, 2.05) is 32.0 Å². The van der Waals surface area contributed by atoms with Crippen LogP contribution in [0.1, 0.15) is 26.7 Å². The van der Waals surface area contributed by atoms with Gasteiger partial charge in [-0.05, 0) is 25.0 Å². The topological polar surface area (TPSA) is 49.4 Å². The number of hydrogen-bond acceptors (Lipinski definition) is 3. The zero-order chi connectivity index (χ0) is 15.2. The van der Waals surface area contributed by atoms with Crippen molar-refractivity contribution in [3.63, 3.8) is 0 Å². The molecule has 1 aliphatic rings. The number of thioether (sulfide) groups is 1. The number of nitrogens with zero attached hydrogens (tertiary/aromatic N) is 1. The number of hydrogen-bond donors (Lipinski definition) is 1. The van der Waals surface area contributed by atoms with E-state index in [-0.39, 0.29) is 23.9 Å². The van der Waals surface area contributed by atoms with E-state index < -0.39 is 0 Å². The predicted octanol–water partition coefficient (Wildman–Crippen LogP) is 2.29. The van der Waals surface area contributed by atoms with E-state index in [0.717, 1.165) is 5.75 Å². The minimum absolute atomic E-state index is 0.0198. The monoisotopic (exact) mass is 306 g/mol. The average molecular weight is 306 g/mol. The number of nitrogens with one attached hydrogen (secondary N) is 1. The highest BCUT2D eigenvalue weighted by Gasteiger charge is 2.38. The zero-order valence-electron chi connectivity index (χ0n) is 12.5. The van der Waals surface area contributed by atoms with E-state index >= 15 is 0 Å². The number of piperazine rings is 1. The van der Waals surface area contributed by atoms with Crippen molar-refractivity contribution in [2.75, 3.05) is 12.3 Å². The van der Waals surface area contributed by atoms with Crippen LogP contribution in [-0.2, 0) is 9.59 Å². The molecule has 4 nitrogen and oxygen atoms in total. The highest BCUT2D eigenvalue weighted by Crippen LogP contribution is 2.20. The molecule has 1 aliphatic heterocycles. The first kappa shape index (κ1) is 15.9. The van der Waals surface area contributed by atoms with Crippen molar-refractivity contribution in [2.24, 2.45) is 0 Å². The maximum Gasteiger partial charge on any atom is 0.245 e. The van der Waals surface area contributed by atoms with Crippen molar-refractivity contribution in [3.8, 4) is 0 Å². The summed E-state index contributed by atoms with van der Waals surface area (Å²) in [4.78, 5) is 27.4. The Labute approximate surface area is 130 Å². The number of benzene rings is 1. The molecule has 0 bridgehead atoms. The second-order valence-corrected chi connectivity index (χ2v) is 6.25. The fourth-order valence-electron chi connectivity index (χ4n) is 2.55. The summed E-state index contributed by atoms with van der Waals surface area (Å²) in [5, 5.41) is 2.82. The minimum atomic E-state index is -0.359. The summed E-state index contributed by atoms with van der Waals surface area (Å²) in [6.45, 7) is 4.48. The molecule has 1 N–H and O–H groups in total. The highest BCUT2D eigenvalue weighted by atomic mass is 32.2. The molecular weight excluding hydrogens is 284 g/mol. The van der Waals surface area contributed by atoms with Gasteiger partial charge in [0.15, 0.2) is 0 Å². The fraction of sp³-hybridized carbons (Fsp3) is 0.500. The van der Waals surface area contributed by atoms with E-state index in [1.54, 1.807) is 16.7 Å². The van der Waals surface area contributed by atoms with E-state index in [2.05, 4.69) is 17.4 Å². The quantitative estimate of drug-likeness (QED) is 0.820. The summed E-state index contributed by atoms with van der Waals surface area (Å²) in [7, 11) is 0. The van der Waals surface area contributed by atoms with Crippen molar-refractivity contribution in [1.29, 1.82) is 0 Å². The molecule has 0 radical (unpaired) electrons. The molecule has 1 aromatic carbocycles. The second-order valence-electron chi connectivity index (χ2n) is 5.09. The van der Waals surface area contributed by atoms with Crippen LogP contribution >= 0.6 is 11.8 Å². The molecule has 2 unspecified atom stereocenters. The van der Waals surface area contributed by atoms with Gasteiger partial charge in [0.05, 0.1) is 0 Å². The summed E-state index contributed by atoms with van der Waals surface area (Å²) in [6.07, 6.45) is 1.30. The molecule has 21 heavy (non-hydrogen) atoms. The lowest BCUT2D eigenvalue weighted by Gasteiger charge is -2.38. The van der Waals surface area contributed by atoms with Crippen LogP contribution in [0.5, 0.6) is 0 Å². The Morgan fingerprint density at radius 1 is 1.14 bits per heavy atom. The number of rotatable bonds is 6. The third-order valence-corrected chi connectivity index (χ3v) is 4.71. The standard InChI is InChI=1S/C16H22N2O2S/c1-3-13-16(20)18(14(4-2)15(19)17-13)10-11-21-12-8-6-5-7-9-12/h5-9,13-14H,3-4,10-11H2,1-2H3,(H,17,19). The van der Waals surface area contributed by atoms with Crippen LogP contribution in [0, 0.1) is 0 Å². The Bertz CT molecular complexity index is 492. The van der Waals surface area contributed by atoms with Crippen LogP contribution < -0.4 is 5.32 Å². The predicted molar refractivity (Wildman–Crippen MR) is 85.2 cm³/mol. The van der Waals surface area contributed by atoms with Gasteiger partial charge in [0.25, 0.3) is 0 Å². The van der Waals surface area contributed by atoms with Crippen molar-refractivity contribution in [1.82, 2.24) is 10.2 Å². The van der Waals surface area contributed by atoms with Crippen LogP contribution in [-0.4, -0.2) is 41.1 Å². The van der Waals surface area contributed by atoms with Crippen molar-refractivity contribution in [3.05, 3.63) is 30.3 Å². The van der Waals surface area contributed by atoms with Crippen molar-refractivity contribution < 1.29 is 9.59 Å². The molecule has 1 saturated heterocycles. The van der Waals surface area contributed by atoms with E-state index in [9.17, 15) is 9.59 Å². The maximum atomic E-state index is 12.4. The van der Waals surface area contributed by atoms with Crippen LogP contribution in [0.2, 0.25) is 0 Å². The third kappa shape index (κ3) is 3.79. The van der Waals surface area contributed by atoms with Crippen LogP contribution in [0.15, 0.2) is 35.2 Å². The molecule has 0 aromatic heterocycles. The molecule has 2 atom stereocenters. The number of carbonyl (C=O) groups excluding carboxylic acids is 2. The van der Waals surface area contributed by atoms with Gasteiger partial charge in [0, 0.05) is 17.2 Å². The first-order valence-corrected chi connectivity index (χ1v) is 8.44. The third-order valence-electron chi connectivity index (χ3n) is 3.72. The molecule has 0 saturated carbocycles. The summed E-state index contributed by atoms with van der Waals surface area (Å²) in [5.41, 5.74) is 0. The molecule has 0 spiro atoms. The first-order valence-electron chi connectivity index (χ1n) is 7.46. The first-order chi connectivity index (χ1) is 10.2. The van der Waals surface area contributed by atoms with E-state index in [0.29, 0.717) is 19.4 Å². The Kier molecular flexibility index (Phi) is 5.67. The summed E-state index contributed by atoms with van der Waals surface area (Å²) < 4.78 is 0. The van der Waals surface area contributed by atoms with Gasteiger partial charge >= 0.3 is 0 Å². The molecule has 2 rings (SSSR count). The summed E-state index contributed by atoms with van der Waals surface area (Å²) in [6, 6.07) is 9.43. The van der Waals surface area contributed by atoms with Gasteiger partial charge in [0.2, 0.25) is 11.8 Å². The lowest BCUT2D eigenvalue weighted by atomic mass is 10.0. The highest BCUT2D eigenvalue weighted by molar-refractivity contribution is 7.99. The van der Waals surface area contributed by atoms with Gasteiger partial charge in [0.1, 0.15) is 12.1 Å². The Morgan fingerprint density at radius 3 is 2.48 bits per heavy atom. The molecule has 2 amide bonds. The van der Waals surface area contributed by atoms with Gasteiger partial charge in [-0.15, -0.1) is 11.8 Å². The average Bonchev–Trinajstić information content (AvgIpc) is 2.51. The minimum Gasteiger partial charge on any atom is -0.343 e. The Morgan fingerprint density at radius 2 is 1.86 bits per heavy atom. The molecule has 5 heteroatoms. The second kappa shape index (κ2) is 7.50. The number of carbonyl (C=O) groups is 2. The van der Waals surface area contributed by atoms with Gasteiger partial charge in [-0.1, -0.05) is 32.0 Å². The molecule has 0 aliphatic carbocycles. The summed E-state index contributed by atoms with van der Waals surface area (Å²) in [5.74, 6) is 0.835. The van der Waals surface area contributed by atoms with Crippen molar-refractivity contribution in [2.45, 2.75) is 43.7 Å². The Balaban J connectivity index is 1.97. The van der Waals surface area contributed by atoms with E-state index in [4.69, 9.17) is 0 Å². The van der Waals surface area contributed by atoms with Crippen molar-refractivity contribution >= 4 is 23.6 Å². The summed E-state index contributed by atoms with van der Waals surface area (Å²) >= 11 is 1.71.